The van der Waals surface area contributed by atoms with Gasteiger partial charge in [-0.15, -0.1) is 11.3 Å². The molecule has 2 aromatic heterocycles. The number of carbonyl (C=O) groups excluding carboxylic acids is 1. The van der Waals surface area contributed by atoms with E-state index in [1.165, 1.54) is 11.3 Å². The number of alkyl halides is 3. The number of hydrogen-bond acceptors (Lipinski definition) is 4. The van der Waals surface area contributed by atoms with Crippen molar-refractivity contribution >= 4 is 40.4 Å². The Hall–Kier alpha value is -2.52. The number of anilines is 2. The van der Waals surface area contributed by atoms with Crippen molar-refractivity contribution in [2.45, 2.75) is 31.6 Å². The summed E-state index contributed by atoms with van der Waals surface area (Å²) >= 11 is 7.44. The first kappa shape index (κ1) is 19.8. The van der Waals surface area contributed by atoms with Crippen molar-refractivity contribution < 1.29 is 18.0 Å². The quantitative estimate of drug-likeness (QED) is 0.539. The fourth-order valence-electron chi connectivity index (χ4n) is 3.34. The van der Waals surface area contributed by atoms with Gasteiger partial charge in [0.25, 0.3) is 5.91 Å². The SMILES string of the molecule is Cc1c(Cl)cccc1NC(=O)c1cnn2c1N[C@H](c1cccs1)C[C@H]2C(F)(F)F. The van der Waals surface area contributed by atoms with Crippen LogP contribution in [0, 0.1) is 6.92 Å². The largest absolute Gasteiger partial charge is 0.410 e. The van der Waals surface area contributed by atoms with Crippen molar-refractivity contribution in [2.24, 2.45) is 0 Å². The molecule has 0 bridgehead atoms. The molecule has 152 valence electrons. The van der Waals surface area contributed by atoms with E-state index in [9.17, 15) is 18.0 Å². The lowest BCUT2D eigenvalue weighted by atomic mass is 10.0. The molecule has 0 saturated heterocycles. The van der Waals surface area contributed by atoms with Crippen LogP contribution in [0.3, 0.4) is 0 Å². The van der Waals surface area contributed by atoms with Gasteiger partial charge < -0.3 is 10.6 Å². The Labute approximate surface area is 173 Å². The van der Waals surface area contributed by atoms with Crippen LogP contribution in [-0.2, 0) is 0 Å². The molecule has 0 saturated carbocycles. The number of halogens is 4. The molecule has 3 aromatic rings. The van der Waals surface area contributed by atoms with Crippen LogP contribution in [0.15, 0.2) is 41.9 Å². The number of aromatic nitrogens is 2. The lowest BCUT2D eigenvalue weighted by molar-refractivity contribution is -0.173. The van der Waals surface area contributed by atoms with Gasteiger partial charge in [0.05, 0.1) is 12.2 Å². The standard InChI is InChI=1S/C19H16ClF3N4OS/c1-10-12(20)4-2-5-13(10)26-18(28)11-9-24-27-16(19(21,22)23)8-14(25-17(11)27)15-6-3-7-29-15/h2-7,9,14,16,25H,8H2,1H3,(H,26,28)/t14-,16-/m0/s1. The molecule has 29 heavy (non-hydrogen) atoms. The summed E-state index contributed by atoms with van der Waals surface area (Å²) in [7, 11) is 0. The molecule has 0 aliphatic carbocycles. The molecule has 3 heterocycles. The van der Waals surface area contributed by atoms with Crippen molar-refractivity contribution in [2.75, 3.05) is 10.6 Å². The van der Waals surface area contributed by atoms with Crippen molar-refractivity contribution in [1.82, 2.24) is 9.78 Å². The fraction of sp³-hybridized carbons (Fsp3) is 0.263. The topological polar surface area (TPSA) is 59.0 Å². The zero-order valence-corrected chi connectivity index (χ0v) is 16.7. The van der Waals surface area contributed by atoms with Gasteiger partial charge in [0, 0.05) is 22.0 Å². The van der Waals surface area contributed by atoms with Crippen molar-refractivity contribution in [3.8, 4) is 0 Å². The van der Waals surface area contributed by atoms with Crippen LogP contribution in [0.1, 0.15) is 39.3 Å². The van der Waals surface area contributed by atoms with E-state index in [4.69, 9.17) is 11.6 Å². The van der Waals surface area contributed by atoms with E-state index in [1.54, 1.807) is 42.6 Å². The van der Waals surface area contributed by atoms with Crippen molar-refractivity contribution in [1.29, 1.82) is 0 Å². The Balaban J connectivity index is 1.70. The average Bonchev–Trinajstić information content (AvgIpc) is 3.33. The van der Waals surface area contributed by atoms with Gasteiger partial charge in [0.1, 0.15) is 11.4 Å². The second kappa shape index (κ2) is 7.38. The van der Waals surface area contributed by atoms with Crippen LogP contribution in [0.25, 0.3) is 0 Å². The number of fused-ring (bicyclic) bond motifs is 1. The third-order valence-electron chi connectivity index (χ3n) is 4.89. The highest BCUT2D eigenvalue weighted by Crippen LogP contribution is 2.45. The van der Waals surface area contributed by atoms with E-state index in [2.05, 4.69) is 15.7 Å². The van der Waals surface area contributed by atoms with Crippen LogP contribution in [-0.4, -0.2) is 21.9 Å². The molecule has 5 nitrogen and oxygen atoms in total. The molecule has 0 fully saturated rings. The molecule has 1 aliphatic heterocycles. The molecule has 2 N–H and O–H groups in total. The number of nitrogens with zero attached hydrogens (tertiary/aromatic N) is 2. The van der Waals surface area contributed by atoms with Gasteiger partial charge in [-0.25, -0.2) is 4.68 Å². The number of thiophene rings is 1. The minimum Gasteiger partial charge on any atom is -0.362 e. The summed E-state index contributed by atoms with van der Waals surface area (Å²) in [6, 6.07) is 6.22. The van der Waals surface area contributed by atoms with Crippen LogP contribution in [0.4, 0.5) is 24.7 Å². The fourth-order valence-corrected chi connectivity index (χ4v) is 4.30. The molecule has 4 rings (SSSR count). The van der Waals surface area contributed by atoms with E-state index >= 15 is 0 Å². The Morgan fingerprint density at radius 2 is 2.14 bits per heavy atom. The number of nitrogens with one attached hydrogen (secondary N) is 2. The third-order valence-corrected chi connectivity index (χ3v) is 6.28. The van der Waals surface area contributed by atoms with Crippen LogP contribution >= 0.6 is 22.9 Å². The maximum atomic E-state index is 13.7. The zero-order valence-electron chi connectivity index (χ0n) is 15.1. The van der Waals surface area contributed by atoms with Crippen molar-refractivity contribution in [3.05, 3.63) is 62.9 Å². The lowest BCUT2D eigenvalue weighted by Gasteiger charge is -2.33. The second-order valence-electron chi connectivity index (χ2n) is 6.72. The molecular weight excluding hydrogens is 425 g/mol. The summed E-state index contributed by atoms with van der Waals surface area (Å²) in [5.41, 5.74) is 1.20. The Bertz CT molecular complexity index is 1050. The monoisotopic (exact) mass is 440 g/mol. The zero-order chi connectivity index (χ0) is 20.8. The third kappa shape index (κ3) is 3.72. The van der Waals surface area contributed by atoms with Gasteiger partial charge in [0.15, 0.2) is 6.04 Å². The van der Waals surface area contributed by atoms with Gasteiger partial charge in [-0.1, -0.05) is 23.7 Å². The molecule has 0 radical (unpaired) electrons. The summed E-state index contributed by atoms with van der Waals surface area (Å²) in [6.45, 7) is 1.75. The molecule has 2 atom stereocenters. The minimum absolute atomic E-state index is 0.0416. The first-order chi connectivity index (χ1) is 13.8. The summed E-state index contributed by atoms with van der Waals surface area (Å²) in [5.74, 6) is -0.508. The highest BCUT2D eigenvalue weighted by atomic mass is 35.5. The molecule has 1 aliphatic rings. The molecule has 10 heteroatoms. The number of amides is 1. The maximum Gasteiger partial charge on any atom is 0.410 e. The van der Waals surface area contributed by atoms with E-state index < -0.39 is 24.2 Å². The van der Waals surface area contributed by atoms with Crippen LogP contribution in [0.5, 0.6) is 0 Å². The highest BCUT2D eigenvalue weighted by Gasteiger charge is 2.47. The highest BCUT2D eigenvalue weighted by molar-refractivity contribution is 7.10. The van der Waals surface area contributed by atoms with Gasteiger partial charge in [-0.3, -0.25) is 4.79 Å². The molecule has 0 spiro atoms. The van der Waals surface area contributed by atoms with Crippen molar-refractivity contribution in [3.63, 3.8) is 0 Å². The maximum absolute atomic E-state index is 13.7. The van der Waals surface area contributed by atoms with Gasteiger partial charge in [-0.2, -0.15) is 18.3 Å². The first-order valence-electron chi connectivity index (χ1n) is 8.76. The van der Waals surface area contributed by atoms with Gasteiger partial charge >= 0.3 is 6.18 Å². The lowest BCUT2D eigenvalue weighted by Crippen LogP contribution is -2.36. The number of hydrogen-bond donors (Lipinski definition) is 2. The Morgan fingerprint density at radius 1 is 1.34 bits per heavy atom. The Morgan fingerprint density at radius 3 is 2.83 bits per heavy atom. The molecule has 1 amide bonds. The summed E-state index contributed by atoms with van der Waals surface area (Å²) < 4.78 is 41.9. The summed E-state index contributed by atoms with van der Waals surface area (Å²) in [6.07, 6.45) is -3.53. The van der Waals surface area contributed by atoms with Crippen LogP contribution < -0.4 is 10.6 Å². The summed E-state index contributed by atoms with van der Waals surface area (Å²) in [4.78, 5) is 13.6. The Kier molecular flexibility index (Phi) is 5.04. The molecule has 0 unspecified atom stereocenters. The average molecular weight is 441 g/mol. The van der Waals surface area contributed by atoms with Crippen LogP contribution in [0.2, 0.25) is 5.02 Å². The number of benzene rings is 1. The van der Waals surface area contributed by atoms with E-state index in [1.807, 2.05) is 0 Å². The number of carbonyl (C=O) groups is 1. The predicted octanol–water partition coefficient (Wildman–Crippen LogP) is 5.82. The van der Waals surface area contributed by atoms with E-state index in [0.29, 0.717) is 16.3 Å². The molecule has 1 aromatic carbocycles. The normalized spacial score (nSPS) is 18.8. The van der Waals surface area contributed by atoms with E-state index in [-0.39, 0.29) is 17.8 Å². The number of rotatable bonds is 3. The van der Waals surface area contributed by atoms with Gasteiger partial charge in [0.2, 0.25) is 0 Å². The predicted molar refractivity (Wildman–Crippen MR) is 107 cm³/mol. The van der Waals surface area contributed by atoms with Gasteiger partial charge in [-0.05, 0) is 36.1 Å². The first-order valence-corrected chi connectivity index (χ1v) is 10.0. The van der Waals surface area contributed by atoms with E-state index in [0.717, 1.165) is 15.8 Å². The minimum atomic E-state index is -4.49. The second-order valence-corrected chi connectivity index (χ2v) is 8.11. The summed E-state index contributed by atoms with van der Waals surface area (Å²) in [5, 5.41) is 11.9. The molecular formula is C19H16ClF3N4OS. The smallest absolute Gasteiger partial charge is 0.362 e.